The van der Waals surface area contributed by atoms with E-state index in [-0.39, 0.29) is 12.1 Å². The molecule has 6 nitrogen and oxygen atoms in total. The molecule has 1 aromatic carbocycles. The molecule has 2 N–H and O–H groups in total. The fourth-order valence-electron chi connectivity index (χ4n) is 3.17. The van der Waals surface area contributed by atoms with Crippen LogP contribution in [0.4, 0.5) is 0 Å². The summed E-state index contributed by atoms with van der Waals surface area (Å²) in [5.74, 6) is -1.36. The summed E-state index contributed by atoms with van der Waals surface area (Å²) in [5, 5.41) is 17.5. The van der Waals surface area contributed by atoms with Crippen LogP contribution < -0.4 is 5.32 Å². The van der Waals surface area contributed by atoms with Crippen LogP contribution in [0.2, 0.25) is 0 Å². The lowest BCUT2D eigenvalue weighted by Crippen LogP contribution is -2.44. The number of rotatable bonds is 5. The zero-order valence-electron chi connectivity index (χ0n) is 13.7. The maximum Gasteiger partial charge on any atom is 0.292 e. The topological polar surface area (TPSA) is 84.2 Å². The number of amides is 1. The summed E-state index contributed by atoms with van der Waals surface area (Å²) >= 11 is 0. The molecule has 126 valence electrons. The lowest BCUT2D eigenvalue weighted by Gasteiger charge is -2.34. The molecule has 24 heavy (non-hydrogen) atoms. The van der Waals surface area contributed by atoms with Gasteiger partial charge >= 0.3 is 0 Å². The largest absolute Gasteiger partial charge is 0.383 e. The van der Waals surface area contributed by atoms with Gasteiger partial charge in [-0.2, -0.15) is 5.10 Å². The van der Waals surface area contributed by atoms with Crippen molar-refractivity contribution < 1.29 is 14.7 Å². The third-order valence-electron chi connectivity index (χ3n) is 4.52. The van der Waals surface area contributed by atoms with Crippen molar-refractivity contribution in [1.82, 2.24) is 15.1 Å². The number of carbonyl (C=O) groups is 2. The van der Waals surface area contributed by atoms with Crippen molar-refractivity contribution in [2.75, 3.05) is 6.54 Å². The zero-order chi connectivity index (χ0) is 17.2. The third-order valence-corrected chi connectivity index (χ3v) is 4.52. The van der Waals surface area contributed by atoms with E-state index in [2.05, 4.69) is 10.4 Å². The predicted octanol–water partition coefficient (Wildman–Crippen LogP) is 1.43. The average molecular weight is 327 g/mol. The minimum absolute atomic E-state index is 0.0243. The number of nitrogens with one attached hydrogen (secondary N) is 1. The van der Waals surface area contributed by atoms with Crippen LogP contribution in [0.1, 0.15) is 41.3 Å². The second kappa shape index (κ2) is 6.57. The summed E-state index contributed by atoms with van der Waals surface area (Å²) in [5.41, 5.74) is 1.06. The van der Waals surface area contributed by atoms with Gasteiger partial charge in [-0.05, 0) is 37.3 Å². The first-order valence-electron chi connectivity index (χ1n) is 8.19. The fraction of sp³-hybridized carbons (Fsp3) is 0.389. The van der Waals surface area contributed by atoms with Crippen LogP contribution in [0, 0.1) is 0 Å². The predicted molar refractivity (Wildman–Crippen MR) is 88.5 cm³/mol. The number of Topliss-reactive ketones (excluding diaryl/α,β-unsaturated/α-hetero) is 1. The van der Waals surface area contributed by atoms with E-state index < -0.39 is 17.3 Å². The van der Waals surface area contributed by atoms with Crippen molar-refractivity contribution >= 4 is 11.7 Å². The number of aromatic nitrogens is 2. The molecule has 1 aliphatic carbocycles. The van der Waals surface area contributed by atoms with Gasteiger partial charge in [-0.25, -0.2) is 0 Å². The van der Waals surface area contributed by atoms with Gasteiger partial charge in [0.05, 0.1) is 18.3 Å². The van der Waals surface area contributed by atoms with Crippen molar-refractivity contribution in [2.24, 2.45) is 0 Å². The van der Waals surface area contributed by atoms with Crippen LogP contribution in [0.3, 0.4) is 0 Å². The van der Waals surface area contributed by atoms with Crippen LogP contribution in [0.25, 0.3) is 0 Å². The Labute approximate surface area is 140 Å². The van der Waals surface area contributed by atoms with Gasteiger partial charge in [0.25, 0.3) is 11.7 Å². The monoisotopic (exact) mass is 327 g/mol. The highest BCUT2D eigenvalue weighted by Gasteiger charge is 2.35. The van der Waals surface area contributed by atoms with Gasteiger partial charge in [-0.1, -0.05) is 24.3 Å². The minimum atomic E-state index is -1.13. The van der Waals surface area contributed by atoms with Gasteiger partial charge in [0, 0.05) is 12.7 Å². The molecule has 1 aromatic heterocycles. The Hall–Kier alpha value is -2.47. The number of fused-ring (bicyclic) bond motifs is 1. The van der Waals surface area contributed by atoms with Crippen molar-refractivity contribution in [1.29, 1.82) is 0 Å². The Morgan fingerprint density at radius 2 is 2.17 bits per heavy atom. The standard InChI is InChI=1S/C18H21N3O3/c1-2-21-11-14(10-20-21)16(22)17(23)19-12-18(24)9-5-7-13-6-3-4-8-15(13)18/h3-4,6,8,10-11,24H,2,5,7,9,12H2,1H3,(H,19,23). The highest BCUT2D eigenvalue weighted by Crippen LogP contribution is 2.34. The molecule has 1 amide bonds. The quantitative estimate of drug-likeness (QED) is 0.643. The summed E-state index contributed by atoms with van der Waals surface area (Å²) < 4.78 is 1.59. The first-order valence-corrected chi connectivity index (χ1v) is 8.19. The lowest BCUT2D eigenvalue weighted by molar-refractivity contribution is -0.118. The minimum Gasteiger partial charge on any atom is -0.383 e. The molecule has 0 aliphatic heterocycles. The van der Waals surface area contributed by atoms with E-state index >= 15 is 0 Å². The molecule has 0 fully saturated rings. The molecule has 3 rings (SSSR count). The molecule has 6 heteroatoms. The van der Waals surface area contributed by atoms with Crippen molar-refractivity contribution in [3.63, 3.8) is 0 Å². The number of nitrogens with zero attached hydrogens (tertiary/aromatic N) is 2. The number of hydrogen-bond donors (Lipinski definition) is 2. The highest BCUT2D eigenvalue weighted by molar-refractivity contribution is 6.42. The Bertz CT molecular complexity index is 768. The summed E-state index contributed by atoms with van der Waals surface area (Å²) in [6.45, 7) is 2.55. The Balaban J connectivity index is 1.69. The molecule has 1 heterocycles. The number of aliphatic hydroxyl groups is 1. The molecular weight excluding hydrogens is 306 g/mol. The molecule has 0 bridgehead atoms. The smallest absolute Gasteiger partial charge is 0.292 e. The van der Waals surface area contributed by atoms with Crippen molar-refractivity contribution in [2.45, 2.75) is 38.3 Å². The molecule has 1 unspecified atom stereocenters. The number of hydrogen-bond acceptors (Lipinski definition) is 4. The van der Waals surface area contributed by atoms with Crippen molar-refractivity contribution in [3.8, 4) is 0 Å². The Kier molecular flexibility index (Phi) is 4.49. The van der Waals surface area contributed by atoms with Gasteiger partial charge in [0.15, 0.2) is 0 Å². The molecule has 0 spiro atoms. The van der Waals surface area contributed by atoms with E-state index in [9.17, 15) is 14.7 Å². The molecule has 0 saturated heterocycles. The van der Waals surface area contributed by atoms with Gasteiger partial charge < -0.3 is 10.4 Å². The number of aryl methyl sites for hydroxylation is 2. The van der Waals surface area contributed by atoms with E-state index in [4.69, 9.17) is 0 Å². The van der Waals surface area contributed by atoms with E-state index in [1.54, 1.807) is 10.9 Å². The van der Waals surface area contributed by atoms with E-state index in [0.29, 0.717) is 13.0 Å². The maximum atomic E-state index is 12.1. The van der Waals surface area contributed by atoms with Gasteiger partial charge in [0.2, 0.25) is 0 Å². The van der Waals surface area contributed by atoms with Gasteiger partial charge in [-0.3, -0.25) is 14.3 Å². The van der Waals surface area contributed by atoms with Gasteiger partial charge in [-0.15, -0.1) is 0 Å². The molecule has 0 saturated carbocycles. The van der Waals surface area contributed by atoms with E-state index in [0.717, 1.165) is 24.0 Å². The van der Waals surface area contributed by atoms with Crippen LogP contribution in [0.15, 0.2) is 36.7 Å². The third kappa shape index (κ3) is 3.10. The van der Waals surface area contributed by atoms with Crippen LogP contribution >= 0.6 is 0 Å². The lowest BCUT2D eigenvalue weighted by atomic mass is 9.79. The molecule has 0 radical (unpaired) electrons. The molecule has 1 atom stereocenters. The second-order valence-corrected chi connectivity index (χ2v) is 6.14. The summed E-state index contributed by atoms with van der Waals surface area (Å²) in [6.07, 6.45) is 5.26. The zero-order valence-corrected chi connectivity index (χ0v) is 13.7. The first-order chi connectivity index (χ1) is 11.5. The van der Waals surface area contributed by atoms with Crippen molar-refractivity contribution in [3.05, 3.63) is 53.3 Å². The first kappa shape index (κ1) is 16.4. The Morgan fingerprint density at radius 3 is 2.92 bits per heavy atom. The molecular formula is C18H21N3O3. The summed E-state index contributed by atoms with van der Waals surface area (Å²) in [4.78, 5) is 24.3. The maximum absolute atomic E-state index is 12.1. The van der Waals surface area contributed by atoms with E-state index in [1.807, 2.05) is 31.2 Å². The van der Waals surface area contributed by atoms with Crippen LogP contribution in [-0.2, 0) is 23.4 Å². The fourth-order valence-corrected chi connectivity index (χ4v) is 3.17. The number of carbonyl (C=O) groups excluding carboxylic acids is 2. The van der Waals surface area contributed by atoms with Gasteiger partial charge in [0.1, 0.15) is 5.60 Å². The number of ketones is 1. The van der Waals surface area contributed by atoms with E-state index in [1.165, 1.54) is 6.20 Å². The normalized spacial score (nSPS) is 19.6. The Morgan fingerprint density at radius 1 is 1.38 bits per heavy atom. The van der Waals surface area contributed by atoms with Crippen LogP contribution in [0.5, 0.6) is 0 Å². The summed E-state index contributed by atoms with van der Waals surface area (Å²) in [6, 6.07) is 7.69. The van der Waals surface area contributed by atoms with Crippen LogP contribution in [-0.4, -0.2) is 33.1 Å². The number of benzene rings is 1. The second-order valence-electron chi connectivity index (χ2n) is 6.14. The summed E-state index contributed by atoms with van der Waals surface area (Å²) in [7, 11) is 0. The molecule has 2 aromatic rings. The SMILES string of the molecule is CCn1cc(C(=O)C(=O)NCC2(O)CCCc3ccccc32)cn1. The highest BCUT2D eigenvalue weighted by atomic mass is 16.3. The average Bonchev–Trinajstić information content (AvgIpc) is 3.09. The molecule has 1 aliphatic rings.